The lowest BCUT2D eigenvalue weighted by Crippen LogP contribution is -2.11. The van der Waals surface area contributed by atoms with Crippen LogP contribution in [0.25, 0.3) is 0 Å². The molecular weight excluding hydrogens is 346 g/mol. The Bertz CT molecular complexity index is 845. The lowest BCUT2D eigenvalue weighted by atomic mass is 10.1. The monoisotopic (exact) mass is 367 g/mol. The Labute approximate surface area is 157 Å². The summed E-state index contributed by atoms with van der Waals surface area (Å²) in [6.45, 7) is 4.75. The van der Waals surface area contributed by atoms with E-state index in [0.29, 0.717) is 23.2 Å². The third-order valence-corrected chi connectivity index (χ3v) is 4.50. The van der Waals surface area contributed by atoms with Crippen LogP contribution in [0.4, 0.5) is 5.13 Å². The molecular formula is C20H21N3O2S. The van der Waals surface area contributed by atoms with Crippen molar-refractivity contribution >= 4 is 22.4 Å². The van der Waals surface area contributed by atoms with Crippen LogP contribution in [0.3, 0.4) is 0 Å². The highest BCUT2D eigenvalue weighted by Crippen LogP contribution is 2.20. The van der Waals surface area contributed by atoms with Gasteiger partial charge in [0.05, 0.1) is 0 Å². The quantitative estimate of drug-likeness (QED) is 0.664. The number of nitrogens with zero attached hydrogens (tertiary/aromatic N) is 2. The van der Waals surface area contributed by atoms with Crippen molar-refractivity contribution in [3.63, 3.8) is 0 Å². The van der Waals surface area contributed by atoms with Gasteiger partial charge in [-0.3, -0.25) is 10.1 Å². The van der Waals surface area contributed by atoms with Crippen molar-refractivity contribution in [3.8, 4) is 5.75 Å². The molecule has 3 aromatic rings. The molecule has 0 spiro atoms. The van der Waals surface area contributed by atoms with Gasteiger partial charge in [-0.05, 0) is 35.7 Å². The first-order chi connectivity index (χ1) is 12.6. The van der Waals surface area contributed by atoms with E-state index in [-0.39, 0.29) is 5.91 Å². The smallest absolute Gasteiger partial charge is 0.257 e. The number of nitrogens with one attached hydrogen (secondary N) is 1. The molecule has 0 radical (unpaired) electrons. The summed E-state index contributed by atoms with van der Waals surface area (Å²) in [5.74, 6) is 1.03. The number of carbonyl (C=O) groups excluding carboxylic acids is 1. The molecule has 0 saturated carbocycles. The van der Waals surface area contributed by atoms with E-state index in [0.717, 1.165) is 22.7 Å². The second-order valence-electron chi connectivity index (χ2n) is 6.35. The van der Waals surface area contributed by atoms with Crippen molar-refractivity contribution in [1.82, 2.24) is 10.2 Å². The Kier molecular flexibility index (Phi) is 5.96. The summed E-state index contributed by atoms with van der Waals surface area (Å²) in [6, 6.07) is 17.0. The number of aromatic nitrogens is 2. The fraction of sp³-hybridized carbons (Fsp3) is 0.250. The van der Waals surface area contributed by atoms with Gasteiger partial charge in [0.25, 0.3) is 5.91 Å². The average Bonchev–Trinajstić information content (AvgIpc) is 3.07. The van der Waals surface area contributed by atoms with Crippen molar-refractivity contribution in [1.29, 1.82) is 0 Å². The first-order valence-corrected chi connectivity index (χ1v) is 9.32. The summed E-state index contributed by atoms with van der Waals surface area (Å²) in [4.78, 5) is 12.3. The molecule has 0 atom stereocenters. The van der Waals surface area contributed by atoms with Gasteiger partial charge in [0.1, 0.15) is 17.4 Å². The van der Waals surface area contributed by atoms with Gasteiger partial charge in [0, 0.05) is 12.0 Å². The Balaban J connectivity index is 1.55. The van der Waals surface area contributed by atoms with Crippen LogP contribution >= 0.6 is 11.3 Å². The van der Waals surface area contributed by atoms with E-state index in [1.54, 1.807) is 24.3 Å². The van der Waals surface area contributed by atoms with Crippen LogP contribution in [-0.2, 0) is 13.0 Å². The van der Waals surface area contributed by atoms with E-state index < -0.39 is 0 Å². The third kappa shape index (κ3) is 5.13. The molecule has 134 valence electrons. The van der Waals surface area contributed by atoms with E-state index in [1.807, 2.05) is 30.3 Å². The van der Waals surface area contributed by atoms with E-state index >= 15 is 0 Å². The molecule has 0 bridgehead atoms. The lowest BCUT2D eigenvalue weighted by molar-refractivity contribution is 0.102. The fourth-order valence-corrected chi connectivity index (χ4v) is 3.30. The van der Waals surface area contributed by atoms with Gasteiger partial charge in [-0.25, -0.2) is 0 Å². The van der Waals surface area contributed by atoms with Gasteiger partial charge < -0.3 is 4.74 Å². The van der Waals surface area contributed by atoms with Crippen molar-refractivity contribution in [2.45, 2.75) is 26.9 Å². The maximum absolute atomic E-state index is 12.3. The van der Waals surface area contributed by atoms with Crippen molar-refractivity contribution in [3.05, 3.63) is 70.7 Å². The number of amides is 1. The van der Waals surface area contributed by atoms with Crippen LogP contribution in [0.15, 0.2) is 54.6 Å². The molecule has 0 aliphatic carbocycles. The van der Waals surface area contributed by atoms with E-state index in [2.05, 4.69) is 29.4 Å². The average molecular weight is 367 g/mol. The highest BCUT2D eigenvalue weighted by molar-refractivity contribution is 7.15. The van der Waals surface area contributed by atoms with Gasteiger partial charge in [-0.2, -0.15) is 0 Å². The van der Waals surface area contributed by atoms with Crippen molar-refractivity contribution in [2.24, 2.45) is 5.92 Å². The predicted octanol–water partition coefficient (Wildman–Crippen LogP) is 4.57. The van der Waals surface area contributed by atoms with Crippen LogP contribution < -0.4 is 10.1 Å². The molecule has 3 rings (SSSR count). The zero-order valence-electron chi connectivity index (χ0n) is 14.8. The van der Waals surface area contributed by atoms with Crippen LogP contribution in [0.1, 0.15) is 34.8 Å². The van der Waals surface area contributed by atoms with Crippen LogP contribution in [0, 0.1) is 5.92 Å². The topological polar surface area (TPSA) is 64.1 Å². The number of hydrogen-bond donors (Lipinski definition) is 1. The summed E-state index contributed by atoms with van der Waals surface area (Å²) in [7, 11) is 0. The summed E-state index contributed by atoms with van der Waals surface area (Å²) in [5.41, 5.74) is 1.65. The molecule has 0 unspecified atom stereocenters. The molecule has 6 heteroatoms. The molecule has 0 aliphatic heterocycles. The van der Waals surface area contributed by atoms with Gasteiger partial charge in [0.2, 0.25) is 5.13 Å². The van der Waals surface area contributed by atoms with E-state index in [1.165, 1.54) is 11.3 Å². The first kappa shape index (κ1) is 18.1. The van der Waals surface area contributed by atoms with Gasteiger partial charge in [0.15, 0.2) is 0 Å². The normalized spacial score (nSPS) is 10.7. The standard InChI is InChI=1S/C20H21N3O2S/c1-14(2)12-18-22-23-20(26-18)21-19(24)16-8-10-17(11-9-16)25-13-15-6-4-3-5-7-15/h3-11,14H,12-13H2,1-2H3,(H,21,23,24). The van der Waals surface area contributed by atoms with Crippen LogP contribution in [0.2, 0.25) is 0 Å². The van der Waals surface area contributed by atoms with Crippen molar-refractivity contribution in [2.75, 3.05) is 5.32 Å². The highest BCUT2D eigenvalue weighted by Gasteiger charge is 2.11. The maximum Gasteiger partial charge on any atom is 0.257 e. The highest BCUT2D eigenvalue weighted by atomic mass is 32.1. The number of hydrogen-bond acceptors (Lipinski definition) is 5. The number of anilines is 1. The molecule has 1 N–H and O–H groups in total. The van der Waals surface area contributed by atoms with Gasteiger partial charge in [-0.15, -0.1) is 10.2 Å². The zero-order valence-corrected chi connectivity index (χ0v) is 15.6. The molecule has 5 nitrogen and oxygen atoms in total. The fourth-order valence-electron chi connectivity index (χ4n) is 2.35. The minimum absolute atomic E-state index is 0.202. The molecule has 1 heterocycles. The largest absolute Gasteiger partial charge is 0.489 e. The van der Waals surface area contributed by atoms with Crippen LogP contribution in [0.5, 0.6) is 5.75 Å². The number of benzene rings is 2. The number of rotatable bonds is 7. The molecule has 1 amide bonds. The molecule has 0 aliphatic rings. The predicted molar refractivity (Wildman–Crippen MR) is 104 cm³/mol. The molecule has 26 heavy (non-hydrogen) atoms. The van der Waals surface area contributed by atoms with E-state index in [9.17, 15) is 4.79 Å². The first-order valence-electron chi connectivity index (χ1n) is 8.50. The Morgan fingerprint density at radius 2 is 1.81 bits per heavy atom. The van der Waals surface area contributed by atoms with Gasteiger partial charge >= 0.3 is 0 Å². The van der Waals surface area contributed by atoms with E-state index in [4.69, 9.17) is 4.74 Å². The lowest BCUT2D eigenvalue weighted by Gasteiger charge is -2.07. The minimum atomic E-state index is -0.202. The third-order valence-electron chi connectivity index (χ3n) is 3.64. The second-order valence-corrected chi connectivity index (χ2v) is 7.41. The second kappa shape index (κ2) is 8.58. The Morgan fingerprint density at radius 1 is 1.08 bits per heavy atom. The summed E-state index contributed by atoms with van der Waals surface area (Å²) < 4.78 is 5.73. The number of carbonyl (C=O) groups is 1. The summed E-state index contributed by atoms with van der Waals surface area (Å²) >= 11 is 1.41. The van der Waals surface area contributed by atoms with Gasteiger partial charge in [-0.1, -0.05) is 55.5 Å². The SMILES string of the molecule is CC(C)Cc1nnc(NC(=O)c2ccc(OCc3ccccc3)cc2)s1. The van der Waals surface area contributed by atoms with Crippen LogP contribution in [-0.4, -0.2) is 16.1 Å². The summed E-state index contributed by atoms with van der Waals surface area (Å²) in [6.07, 6.45) is 0.862. The summed E-state index contributed by atoms with van der Waals surface area (Å²) in [5, 5.41) is 12.4. The maximum atomic E-state index is 12.3. The molecule has 1 aromatic heterocycles. The number of ether oxygens (including phenoxy) is 1. The van der Waals surface area contributed by atoms with Crippen molar-refractivity contribution < 1.29 is 9.53 Å². The Morgan fingerprint density at radius 3 is 2.50 bits per heavy atom. The Hall–Kier alpha value is -2.73. The molecule has 0 fully saturated rings. The molecule has 2 aromatic carbocycles. The zero-order chi connectivity index (χ0) is 18.4. The minimum Gasteiger partial charge on any atom is -0.489 e. The molecule has 0 saturated heterocycles.